The Hall–Kier alpha value is -3.14. The Morgan fingerprint density at radius 3 is 2.14 bits per heavy atom. The molecule has 0 aromatic heterocycles. The minimum absolute atomic E-state index is 0.262. The molecule has 0 aliphatic rings. The summed E-state index contributed by atoms with van der Waals surface area (Å²) < 4.78 is 5.61. The Kier molecular flexibility index (Phi) is 6.02. The monoisotopic (exact) mass is 389 g/mol. The molecule has 3 aromatic carbocycles. The first-order valence-corrected chi connectivity index (χ1v) is 9.82. The summed E-state index contributed by atoms with van der Waals surface area (Å²) in [5, 5.41) is 5.11. The molecule has 0 aliphatic carbocycles. The van der Waals surface area contributed by atoms with Gasteiger partial charge in [-0.05, 0) is 49.2 Å². The largest absolute Gasteiger partial charge is 0.458 e. The van der Waals surface area contributed by atoms with Gasteiger partial charge >= 0.3 is 5.97 Å². The van der Waals surface area contributed by atoms with Crippen LogP contribution >= 0.6 is 0 Å². The SMILES string of the molecule is C[C@@H](c1ccc2ccccc2c1)[C@@H](NC(=O)c1ccccc1)C(=O)OC(C)(C)C. The predicted molar refractivity (Wildman–Crippen MR) is 116 cm³/mol. The summed E-state index contributed by atoms with van der Waals surface area (Å²) in [6.45, 7) is 7.40. The van der Waals surface area contributed by atoms with Gasteiger partial charge in [-0.3, -0.25) is 4.79 Å². The molecule has 4 heteroatoms. The van der Waals surface area contributed by atoms with Crippen LogP contribution in [0.5, 0.6) is 0 Å². The average molecular weight is 389 g/mol. The van der Waals surface area contributed by atoms with Gasteiger partial charge in [0, 0.05) is 11.5 Å². The normalized spacial score (nSPS) is 13.5. The van der Waals surface area contributed by atoms with Crippen molar-refractivity contribution in [1.29, 1.82) is 0 Å². The van der Waals surface area contributed by atoms with Gasteiger partial charge in [0.25, 0.3) is 5.91 Å². The summed E-state index contributed by atoms with van der Waals surface area (Å²) in [6, 6.07) is 22.2. The number of rotatable bonds is 5. The smallest absolute Gasteiger partial charge is 0.329 e. The molecular weight excluding hydrogens is 362 g/mol. The standard InChI is InChI=1S/C25H27NO3/c1-17(20-15-14-18-10-8-9-13-21(18)16-20)22(24(28)29-25(2,3)4)26-23(27)19-11-6-5-7-12-19/h5-17,22H,1-4H3,(H,26,27)/t17-,22+/m0/s1. The Labute approximate surface area is 171 Å². The van der Waals surface area contributed by atoms with Gasteiger partial charge in [-0.2, -0.15) is 0 Å². The fourth-order valence-corrected chi connectivity index (χ4v) is 3.25. The quantitative estimate of drug-likeness (QED) is 0.619. The van der Waals surface area contributed by atoms with E-state index in [1.807, 2.05) is 70.2 Å². The second-order valence-electron chi connectivity index (χ2n) is 8.25. The molecule has 0 spiro atoms. The molecule has 3 aromatic rings. The summed E-state index contributed by atoms with van der Waals surface area (Å²) in [4.78, 5) is 25.7. The van der Waals surface area contributed by atoms with Crippen LogP contribution in [0.3, 0.4) is 0 Å². The Morgan fingerprint density at radius 1 is 0.862 bits per heavy atom. The third kappa shape index (κ3) is 5.23. The number of hydrogen-bond acceptors (Lipinski definition) is 3. The van der Waals surface area contributed by atoms with Crippen LogP contribution in [0, 0.1) is 0 Å². The highest BCUT2D eigenvalue weighted by Crippen LogP contribution is 2.26. The first-order valence-electron chi connectivity index (χ1n) is 9.82. The molecular formula is C25H27NO3. The zero-order valence-electron chi connectivity index (χ0n) is 17.3. The van der Waals surface area contributed by atoms with Gasteiger partial charge in [-0.25, -0.2) is 4.79 Å². The van der Waals surface area contributed by atoms with Crippen molar-refractivity contribution in [3.8, 4) is 0 Å². The molecule has 1 N–H and O–H groups in total. The van der Waals surface area contributed by atoms with Crippen molar-refractivity contribution in [3.63, 3.8) is 0 Å². The zero-order valence-corrected chi connectivity index (χ0v) is 17.3. The lowest BCUT2D eigenvalue weighted by molar-refractivity contribution is -0.157. The van der Waals surface area contributed by atoms with Crippen LogP contribution in [0.25, 0.3) is 10.8 Å². The van der Waals surface area contributed by atoms with Gasteiger partial charge in [0.2, 0.25) is 0 Å². The first kappa shape index (κ1) is 20.6. The molecule has 0 fully saturated rings. The molecule has 0 saturated carbocycles. The minimum atomic E-state index is -0.803. The molecule has 0 heterocycles. The fraction of sp³-hybridized carbons (Fsp3) is 0.280. The Morgan fingerprint density at radius 2 is 1.48 bits per heavy atom. The van der Waals surface area contributed by atoms with E-state index < -0.39 is 17.6 Å². The number of fused-ring (bicyclic) bond motifs is 1. The molecule has 2 atom stereocenters. The highest BCUT2D eigenvalue weighted by atomic mass is 16.6. The van der Waals surface area contributed by atoms with Gasteiger partial charge in [-0.15, -0.1) is 0 Å². The molecule has 1 amide bonds. The minimum Gasteiger partial charge on any atom is -0.458 e. The molecule has 0 radical (unpaired) electrons. The Balaban J connectivity index is 1.91. The van der Waals surface area contributed by atoms with E-state index in [0.717, 1.165) is 16.3 Å². The van der Waals surface area contributed by atoms with Crippen LogP contribution in [-0.4, -0.2) is 23.5 Å². The molecule has 0 bridgehead atoms. The first-order chi connectivity index (χ1) is 13.7. The van der Waals surface area contributed by atoms with Crippen LogP contribution in [-0.2, 0) is 9.53 Å². The van der Waals surface area contributed by atoms with E-state index >= 15 is 0 Å². The molecule has 0 aliphatic heterocycles. The number of amides is 1. The number of benzene rings is 3. The van der Waals surface area contributed by atoms with Crippen molar-refractivity contribution in [2.75, 3.05) is 0 Å². The maximum absolute atomic E-state index is 13.0. The molecule has 0 unspecified atom stereocenters. The number of esters is 1. The fourth-order valence-electron chi connectivity index (χ4n) is 3.25. The molecule has 4 nitrogen and oxygen atoms in total. The highest BCUT2D eigenvalue weighted by molar-refractivity contribution is 5.97. The van der Waals surface area contributed by atoms with Crippen LogP contribution in [0.4, 0.5) is 0 Å². The van der Waals surface area contributed by atoms with E-state index in [1.165, 1.54) is 0 Å². The maximum atomic E-state index is 13.0. The van der Waals surface area contributed by atoms with Crippen molar-refractivity contribution >= 4 is 22.6 Å². The van der Waals surface area contributed by atoms with E-state index in [9.17, 15) is 9.59 Å². The second-order valence-corrected chi connectivity index (χ2v) is 8.25. The van der Waals surface area contributed by atoms with Crippen molar-refractivity contribution in [1.82, 2.24) is 5.32 Å². The summed E-state index contributed by atoms with van der Waals surface area (Å²) in [5.74, 6) is -1.00. The number of nitrogens with one attached hydrogen (secondary N) is 1. The van der Waals surface area contributed by atoms with Gasteiger partial charge in [0.15, 0.2) is 0 Å². The second kappa shape index (κ2) is 8.48. The zero-order chi connectivity index (χ0) is 21.0. The summed E-state index contributed by atoms with van der Waals surface area (Å²) in [6.07, 6.45) is 0. The summed E-state index contributed by atoms with van der Waals surface area (Å²) in [7, 11) is 0. The van der Waals surface area contributed by atoms with Gasteiger partial charge in [0.05, 0.1) is 0 Å². The van der Waals surface area contributed by atoms with Crippen LogP contribution in [0.2, 0.25) is 0 Å². The van der Waals surface area contributed by atoms with Crippen LogP contribution < -0.4 is 5.32 Å². The van der Waals surface area contributed by atoms with E-state index in [2.05, 4.69) is 11.4 Å². The van der Waals surface area contributed by atoms with Gasteiger partial charge in [0.1, 0.15) is 11.6 Å². The lowest BCUT2D eigenvalue weighted by atomic mass is 9.91. The third-order valence-electron chi connectivity index (χ3n) is 4.78. The van der Waals surface area contributed by atoms with E-state index in [0.29, 0.717) is 5.56 Å². The number of carbonyl (C=O) groups is 2. The highest BCUT2D eigenvalue weighted by Gasteiger charge is 2.32. The summed E-state index contributed by atoms with van der Waals surface area (Å²) >= 11 is 0. The molecule has 0 saturated heterocycles. The number of ether oxygens (including phenoxy) is 1. The number of carbonyl (C=O) groups excluding carboxylic acids is 2. The maximum Gasteiger partial charge on any atom is 0.329 e. The topological polar surface area (TPSA) is 55.4 Å². The Bertz CT molecular complexity index is 1010. The van der Waals surface area contributed by atoms with E-state index in [4.69, 9.17) is 4.74 Å². The van der Waals surface area contributed by atoms with E-state index in [1.54, 1.807) is 24.3 Å². The van der Waals surface area contributed by atoms with Crippen LogP contribution in [0.15, 0.2) is 72.8 Å². The molecule has 3 rings (SSSR count). The van der Waals surface area contributed by atoms with Crippen molar-refractivity contribution in [3.05, 3.63) is 83.9 Å². The van der Waals surface area contributed by atoms with Crippen molar-refractivity contribution < 1.29 is 14.3 Å². The molecule has 150 valence electrons. The lowest BCUT2D eigenvalue weighted by Gasteiger charge is -2.28. The van der Waals surface area contributed by atoms with E-state index in [-0.39, 0.29) is 11.8 Å². The van der Waals surface area contributed by atoms with Gasteiger partial charge < -0.3 is 10.1 Å². The van der Waals surface area contributed by atoms with Crippen LogP contribution in [0.1, 0.15) is 49.5 Å². The predicted octanol–water partition coefficient (Wildman–Crippen LogP) is 5.08. The summed E-state index contributed by atoms with van der Waals surface area (Å²) in [5.41, 5.74) is 0.829. The van der Waals surface area contributed by atoms with Crippen molar-refractivity contribution in [2.45, 2.75) is 45.3 Å². The van der Waals surface area contributed by atoms with Gasteiger partial charge in [-0.1, -0.05) is 67.6 Å². The average Bonchev–Trinajstić information content (AvgIpc) is 2.70. The molecule has 29 heavy (non-hydrogen) atoms. The number of hydrogen-bond donors (Lipinski definition) is 1. The third-order valence-corrected chi connectivity index (χ3v) is 4.78. The lowest BCUT2D eigenvalue weighted by Crippen LogP contribution is -2.47. The van der Waals surface area contributed by atoms with Crippen molar-refractivity contribution in [2.24, 2.45) is 0 Å².